The molecule has 1 atom stereocenters. The molecule has 0 aromatic rings. The van der Waals surface area contributed by atoms with Gasteiger partial charge in [-0.2, -0.15) is 0 Å². The predicted octanol–water partition coefficient (Wildman–Crippen LogP) is 3.23. The van der Waals surface area contributed by atoms with Gasteiger partial charge < -0.3 is 5.11 Å². The summed E-state index contributed by atoms with van der Waals surface area (Å²) in [5, 5.41) is 8.81. The molecule has 2 heteroatoms. The van der Waals surface area contributed by atoms with Crippen LogP contribution in [0.15, 0.2) is 12.2 Å². The molecule has 0 aliphatic heterocycles. The zero-order valence-corrected chi connectivity index (χ0v) is 8.62. The molecule has 76 valence electrons. The lowest BCUT2D eigenvalue weighted by Crippen LogP contribution is -2.10. The van der Waals surface area contributed by atoms with Crippen molar-refractivity contribution >= 4 is 5.97 Å². The summed E-state index contributed by atoms with van der Waals surface area (Å²) < 4.78 is 0. The first kappa shape index (κ1) is 12.2. The minimum Gasteiger partial charge on any atom is -0.481 e. The van der Waals surface area contributed by atoms with Crippen LogP contribution in [-0.2, 0) is 4.79 Å². The van der Waals surface area contributed by atoms with Crippen molar-refractivity contribution in [2.24, 2.45) is 5.92 Å². The molecular formula is C11H20O2. The fraction of sp³-hybridized carbons (Fsp3) is 0.727. The molecule has 0 aromatic carbocycles. The molecule has 13 heavy (non-hydrogen) atoms. The molecule has 0 rings (SSSR count). The maximum atomic E-state index is 10.7. The van der Waals surface area contributed by atoms with Crippen LogP contribution in [0.25, 0.3) is 0 Å². The summed E-state index contributed by atoms with van der Waals surface area (Å²) in [6.45, 7) is 4.14. The Morgan fingerprint density at radius 1 is 1.38 bits per heavy atom. The fourth-order valence-electron chi connectivity index (χ4n) is 1.20. The van der Waals surface area contributed by atoms with Crippen molar-refractivity contribution < 1.29 is 9.90 Å². The number of carboxylic acids is 1. The molecule has 0 bridgehead atoms. The van der Waals surface area contributed by atoms with Gasteiger partial charge in [0.1, 0.15) is 0 Å². The van der Waals surface area contributed by atoms with Crippen LogP contribution in [0.5, 0.6) is 0 Å². The minimum absolute atomic E-state index is 0.276. The molecule has 0 fully saturated rings. The molecule has 0 aliphatic carbocycles. The van der Waals surface area contributed by atoms with Crippen molar-refractivity contribution in [3.63, 3.8) is 0 Å². The number of aliphatic carboxylic acids is 1. The highest BCUT2D eigenvalue weighted by atomic mass is 16.4. The van der Waals surface area contributed by atoms with Crippen LogP contribution in [-0.4, -0.2) is 11.1 Å². The Kier molecular flexibility index (Phi) is 7.36. The van der Waals surface area contributed by atoms with E-state index >= 15 is 0 Å². The predicted molar refractivity (Wildman–Crippen MR) is 54.7 cm³/mol. The lowest BCUT2D eigenvalue weighted by atomic mass is 10.0. The topological polar surface area (TPSA) is 37.3 Å². The van der Waals surface area contributed by atoms with E-state index in [0.29, 0.717) is 0 Å². The van der Waals surface area contributed by atoms with E-state index in [4.69, 9.17) is 5.11 Å². The van der Waals surface area contributed by atoms with Gasteiger partial charge in [0.25, 0.3) is 0 Å². The minimum atomic E-state index is -0.699. The van der Waals surface area contributed by atoms with Crippen LogP contribution in [0.1, 0.15) is 46.0 Å². The number of carbonyl (C=O) groups is 1. The van der Waals surface area contributed by atoms with Gasteiger partial charge in [-0.1, -0.05) is 45.3 Å². The highest BCUT2D eigenvalue weighted by Gasteiger charge is 2.11. The van der Waals surface area contributed by atoms with Crippen LogP contribution in [0, 0.1) is 5.92 Å². The van der Waals surface area contributed by atoms with Crippen molar-refractivity contribution in [3.05, 3.63) is 12.2 Å². The van der Waals surface area contributed by atoms with E-state index in [0.717, 1.165) is 32.1 Å². The zero-order chi connectivity index (χ0) is 10.1. The molecule has 0 aliphatic rings. The monoisotopic (exact) mass is 184 g/mol. The second-order valence-electron chi connectivity index (χ2n) is 3.30. The normalized spacial score (nSPS) is 13.4. The van der Waals surface area contributed by atoms with Crippen molar-refractivity contribution in [3.8, 4) is 0 Å². The van der Waals surface area contributed by atoms with Gasteiger partial charge in [0.15, 0.2) is 0 Å². The summed E-state index contributed by atoms with van der Waals surface area (Å²) in [6.07, 6.45) is 8.82. The summed E-state index contributed by atoms with van der Waals surface area (Å²) >= 11 is 0. The van der Waals surface area contributed by atoms with E-state index in [1.54, 1.807) is 0 Å². The Hall–Kier alpha value is -0.790. The molecule has 2 nitrogen and oxygen atoms in total. The lowest BCUT2D eigenvalue weighted by Gasteiger charge is -2.04. The molecule has 0 saturated carbocycles. The van der Waals surface area contributed by atoms with Gasteiger partial charge in [0, 0.05) is 0 Å². The third-order valence-corrected chi connectivity index (χ3v) is 2.01. The van der Waals surface area contributed by atoms with Crippen LogP contribution in [0.2, 0.25) is 0 Å². The number of allylic oxidation sites excluding steroid dienone is 1. The third kappa shape index (κ3) is 6.38. The Balaban J connectivity index is 3.79. The number of rotatable bonds is 7. The molecule has 0 heterocycles. The second-order valence-corrected chi connectivity index (χ2v) is 3.30. The molecule has 0 saturated heterocycles. The highest BCUT2D eigenvalue weighted by molar-refractivity contribution is 5.72. The Bertz CT molecular complexity index is 161. The zero-order valence-electron chi connectivity index (χ0n) is 8.62. The number of carboxylic acid groups (broad SMARTS) is 1. The average Bonchev–Trinajstić information content (AvgIpc) is 2.10. The molecular weight excluding hydrogens is 164 g/mol. The van der Waals surface area contributed by atoms with Crippen LogP contribution < -0.4 is 0 Å². The van der Waals surface area contributed by atoms with Crippen molar-refractivity contribution in [2.45, 2.75) is 46.0 Å². The molecule has 0 amide bonds. The van der Waals surface area contributed by atoms with Gasteiger partial charge in [-0.3, -0.25) is 4.79 Å². The first-order valence-electron chi connectivity index (χ1n) is 5.11. The smallest absolute Gasteiger partial charge is 0.310 e. The fourth-order valence-corrected chi connectivity index (χ4v) is 1.20. The largest absolute Gasteiger partial charge is 0.481 e. The SMILES string of the molecule is CCCCC=CC(CCC)C(=O)O. The molecule has 0 aromatic heterocycles. The number of unbranched alkanes of at least 4 members (excludes halogenated alkanes) is 2. The van der Waals surface area contributed by atoms with Crippen LogP contribution in [0.3, 0.4) is 0 Å². The van der Waals surface area contributed by atoms with Crippen LogP contribution in [0.4, 0.5) is 0 Å². The van der Waals surface area contributed by atoms with E-state index in [1.807, 2.05) is 19.1 Å². The van der Waals surface area contributed by atoms with Crippen LogP contribution >= 0.6 is 0 Å². The molecule has 1 unspecified atom stereocenters. The van der Waals surface area contributed by atoms with Gasteiger partial charge in [0.05, 0.1) is 5.92 Å². The van der Waals surface area contributed by atoms with E-state index in [9.17, 15) is 4.79 Å². The lowest BCUT2D eigenvalue weighted by molar-refractivity contribution is -0.140. The van der Waals surface area contributed by atoms with Gasteiger partial charge in [-0.25, -0.2) is 0 Å². The maximum absolute atomic E-state index is 10.7. The van der Waals surface area contributed by atoms with Gasteiger partial charge in [-0.05, 0) is 12.8 Å². The molecule has 0 spiro atoms. The van der Waals surface area contributed by atoms with Gasteiger partial charge in [0.2, 0.25) is 0 Å². The van der Waals surface area contributed by atoms with Gasteiger partial charge >= 0.3 is 5.97 Å². The highest BCUT2D eigenvalue weighted by Crippen LogP contribution is 2.09. The standard InChI is InChI=1S/C11H20O2/c1-3-5-6-7-9-10(8-4-2)11(12)13/h7,9-10H,3-6,8H2,1-2H3,(H,12,13). The average molecular weight is 184 g/mol. The quantitative estimate of drug-likeness (QED) is 0.487. The van der Waals surface area contributed by atoms with E-state index in [1.165, 1.54) is 0 Å². The first-order valence-corrected chi connectivity index (χ1v) is 5.11. The van der Waals surface area contributed by atoms with Gasteiger partial charge in [-0.15, -0.1) is 0 Å². The summed E-state index contributed by atoms with van der Waals surface area (Å²) in [5.74, 6) is -0.976. The summed E-state index contributed by atoms with van der Waals surface area (Å²) in [4.78, 5) is 10.7. The second kappa shape index (κ2) is 7.84. The third-order valence-electron chi connectivity index (χ3n) is 2.01. The summed E-state index contributed by atoms with van der Waals surface area (Å²) in [7, 11) is 0. The summed E-state index contributed by atoms with van der Waals surface area (Å²) in [5.41, 5.74) is 0. The molecule has 0 radical (unpaired) electrons. The Labute approximate surface area is 80.7 Å². The number of hydrogen-bond donors (Lipinski definition) is 1. The molecule has 1 N–H and O–H groups in total. The van der Waals surface area contributed by atoms with E-state index in [2.05, 4.69) is 6.92 Å². The Morgan fingerprint density at radius 3 is 2.54 bits per heavy atom. The van der Waals surface area contributed by atoms with Crippen molar-refractivity contribution in [1.82, 2.24) is 0 Å². The maximum Gasteiger partial charge on any atom is 0.310 e. The first-order chi connectivity index (χ1) is 6.22. The summed E-state index contributed by atoms with van der Waals surface area (Å²) in [6, 6.07) is 0. The Morgan fingerprint density at radius 2 is 2.08 bits per heavy atom. The van der Waals surface area contributed by atoms with Crippen molar-refractivity contribution in [2.75, 3.05) is 0 Å². The van der Waals surface area contributed by atoms with E-state index in [-0.39, 0.29) is 5.92 Å². The number of hydrogen-bond acceptors (Lipinski definition) is 1. The van der Waals surface area contributed by atoms with Crippen molar-refractivity contribution in [1.29, 1.82) is 0 Å². The van der Waals surface area contributed by atoms with E-state index < -0.39 is 5.97 Å².